The third-order valence-corrected chi connectivity index (χ3v) is 7.28. The van der Waals surface area contributed by atoms with Crippen LogP contribution in [-0.2, 0) is 16.1 Å². The van der Waals surface area contributed by atoms with Crippen molar-refractivity contribution in [2.45, 2.75) is 63.8 Å². The van der Waals surface area contributed by atoms with Crippen LogP contribution in [-0.4, -0.2) is 28.2 Å². The largest absolute Gasteiger partial charge is 0.350 e. The van der Waals surface area contributed by atoms with Gasteiger partial charge in [0.25, 0.3) is 5.56 Å². The Morgan fingerprint density at radius 3 is 2.46 bits per heavy atom. The highest BCUT2D eigenvalue weighted by Gasteiger charge is 2.60. The first kappa shape index (κ1) is 19.5. The first-order chi connectivity index (χ1) is 13.2. The first-order valence-corrected chi connectivity index (χ1v) is 10.5. The summed E-state index contributed by atoms with van der Waals surface area (Å²) in [4.78, 5) is 39.7. The molecule has 28 heavy (non-hydrogen) atoms. The summed E-state index contributed by atoms with van der Waals surface area (Å²) in [5.41, 5.74) is 1.57. The number of hydrogen-bond donors (Lipinski definition) is 3. The fraction of sp³-hybridized carbons (Fsp3) is 0.667. The molecule has 0 aromatic carbocycles. The second kappa shape index (κ2) is 6.90. The number of aryl methyl sites for hydroxylation is 2. The number of carbonyl (C=O) groups is 2. The summed E-state index contributed by atoms with van der Waals surface area (Å²) in [6, 6.07) is 1.87. The molecule has 7 heteroatoms. The van der Waals surface area contributed by atoms with Gasteiger partial charge < -0.3 is 15.6 Å². The summed E-state index contributed by atoms with van der Waals surface area (Å²) in [7, 11) is 0. The summed E-state index contributed by atoms with van der Waals surface area (Å²) in [6.07, 6.45) is 5.73. The van der Waals surface area contributed by atoms with E-state index in [1.54, 1.807) is 0 Å². The molecule has 152 valence electrons. The Bertz CT molecular complexity index is 864. The summed E-state index contributed by atoms with van der Waals surface area (Å²) < 4.78 is 0. The second-order valence-electron chi connectivity index (χ2n) is 9.29. The van der Waals surface area contributed by atoms with Gasteiger partial charge in [0.05, 0.1) is 12.0 Å². The third-order valence-electron chi connectivity index (χ3n) is 6.84. The van der Waals surface area contributed by atoms with Crippen LogP contribution in [0.2, 0.25) is 0 Å². The number of carbonyl (C=O) groups excluding carboxylic acids is 2. The summed E-state index contributed by atoms with van der Waals surface area (Å²) in [5, 5.41) is 5.57. The van der Waals surface area contributed by atoms with Gasteiger partial charge in [0.15, 0.2) is 0 Å². The number of nitrogens with one attached hydrogen (secondary N) is 3. The lowest BCUT2D eigenvalue weighted by atomic mass is 9.49. The number of pyridine rings is 1. The molecule has 0 aliphatic heterocycles. The van der Waals surface area contributed by atoms with Crippen LogP contribution in [0.15, 0.2) is 10.9 Å². The fourth-order valence-corrected chi connectivity index (χ4v) is 6.81. The van der Waals surface area contributed by atoms with Crippen LogP contribution in [0, 0.1) is 31.1 Å². The van der Waals surface area contributed by atoms with E-state index >= 15 is 0 Å². The summed E-state index contributed by atoms with van der Waals surface area (Å²) >= 11 is 6.79. The van der Waals surface area contributed by atoms with Crippen LogP contribution in [0.25, 0.3) is 0 Å². The highest BCUT2D eigenvalue weighted by molar-refractivity contribution is 6.24. The molecular formula is C21H28ClN3O3. The maximum absolute atomic E-state index is 13.0. The fourth-order valence-electron chi connectivity index (χ4n) is 6.12. The quantitative estimate of drug-likeness (QED) is 0.656. The molecule has 2 amide bonds. The highest BCUT2D eigenvalue weighted by atomic mass is 35.5. The Morgan fingerprint density at radius 2 is 1.86 bits per heavy atom. The molecule has 6 nitrogen and oxygen atoms in total. The molecule has 4 aliphatic rings. The molecule has 4 aliphatic carbocycles. The molecular weight excluding hydrogens is 378 g/mol. The Morgan fingerprint density at radius 1 is 1.18 bits per heavy atom. The maximum atomic E-state index is 13.0. The molecule has 1 aromatic rings. The van der Waals surface area contributed by atoms with Gasteiger partial charge in [-0.25, -0.2) is 0 Å². The number of hydrogen-bond acceptors (Lipinski definition) is 3. The number of aromatic amines is 1. The third kappa shape index (κ3) is 3.59. The minimum atomic E-state index is -0.406. The molecule has 1 aromatic heterocycles. The zero-order valence-electron chi connectivity index (χ0n) is 16.5. The lowest BCUT2D eigenvalue weighted by Gasteiger charge is -2.59. The van der Waals surface area contributed by atoms with Crippen molar-refractivity contribution in [1.82, 2.24) is 15.6 Å². The van der Waals surface area contributed by atoms with E-state index in [9.17, 15) is 14.4 Å². The Kier molecular flexibility index (Phi) is 4.81. The van der Waals surface area contributed by atoms with Crippen LogP contribution in [0.5, 0.6) is 0 Å². The monoisotopic (exact) mass is 405 g/mol. The van der Waals surface area contributed by atoms with Crippen LogP contribution >= 0.6 is 11.6 Å². The van der Waals surface area contributed by atoms with Gasteiger partial charge in [-0.15, -0.1) is 11.6 Å². The topological polar surface area (TPSA) is 91.1 Å². The zero-order chi connectivity index (χ0) is 20.1. The predicted molar refractivity (Wildman–Crippen MR) is 107 cm³/mol. The molecule has 4 saturated carbocycles. The van der Waals surface area contributed by atoms with E-state index in [0.717, 1.165) is 43.4 Å². The van der Waals surface area contributed by atoms with Crippen LogP contribution in [0.3, 0.4) is 0 Å². The number of H-pyrrole nitrogens is 1. The maximum Gasteiger partial charge on any atom is 0.253 e. The van der Waals surface area contributed by atoms with Crippen molar-refractivity contribution < 1.29 is 9.59 Å². The van der Waals surface area contributed by atoms with Crippen molar-refractivity contribution in [2.24, 2.45) is 17.3 Å². The summed E-state index contributed by atoms with van der Waals surface area (Å²) in [6.45, 7) is 3.74. The van der Waals surface area contributed by atoms with Crippen molar-refractivity contribution in [3.63, 3.8) is 0 Å². The van der Waals surface area contributed by atoms with Crippen LogP contribution < -0.4 is 16.2 Å². The van der Waals surface area contributed by atoms with Gasteiger partial charge in [-0.1, -0.05) is 0 Å². The molecule has 0 saturated heterocycles. The van der Waals surface area contributed by atoms with E-state index in [0.29, 0.717) is 17.4 Å². The van der Waals surface area contributed by atoms with Gasteiger partial charge >= 0.3 is 0 Å². The van der Waals surface area contributed by atoms with Crippen molar-refractivity contribution in [1.29, 1.82) is 0 Å². The number of aromatic nitrogens is 1. The first-order valence-electron chi connectivity index (χ1n) is 10.1. The number of halogens is 1. The molecule has 4 atom stereocenters. The number of rotatable bonds is 5. The predicted octanol–water partition coefficient (Wildman–Crippen LogP) is 2.30. The van der Waals surface area contributed by atoms with E-state index in [4.69, 9.17) is 11.6 Å². The molecule has 4 fully saturated rings. The van der Waals surface area contributed by atoms with E-state index in [-0.39, 0.29) is 35.3 Å². The number of alkyl halides is 1. The van der Waals surface area contributed by atoms with Crippen molar-refractivity contribution in [2.75, 3.05) is 6.54 Å². The van der Waals surface area contributed by atoms with Gasteiger partial charge in [0.1, 0.15) is 0 Å². The zero-order valence-corrected chi connectivity index (χ0v) is 17.2. The van der Waals surface area contributed by atoms with Gasteiger partial charge in [-0.3, -0.25) is 14.4 Å². The lowest BCUT2D eigenvalue weighted by Crippen LogP contribution is -2.59. The van der Waals surface area contributed by atoms with Gasteiger partial charge in [0.2, 0.25) is 11.8 Å². The minimum Gasteiger partial charge on any atom is -0.350 e. The van der Waals surface area contributed by atoms with E-state index < -0.39 is 5.41 Å². The van der Waals surface area contributed by atoms with Crippen molar-refractivity contribution in [3.05, 3.63) is 33.2 Å². The Hall–Kier alpha value is -1.82. The average molecular weight is 406 g/mol. The molecule has 5 rings (SSSR count). The average Bonchev–Trinajstić information content (AvgIpc) is 2.56. The van der Waals surface area contributed by atoms with E-state index in [2.05, 4.69) is 15.6 Å². The second-order valence-corrected chi connectivity index (χ2v) is 10.1. The molecule has 3 N–H and O–H groups in total. The molecule has 0 radical (unpaired) electrons. The SMILES string of the molecule is Cc1cc(C)c(CNC(=O)CNC(=O)C23C[C@@H]4C[C@@H](CC(Cl)(C4)C2)C3)c(=O)[nH]1. The molecule has 4 bridgehead atoms. The van der Waals surface area contributed by atoms with Gasteiger partial charge in [-0.2, -0.15) is 0 Å². The number of amides is 2. The minimum absolute atomic E-state index is 0.0360. The van der Waals surface area contributed by atoms with Gasteiger partial charge in [0, 0.05) is 22.7 Å². The Balaban J connectivity index is 1.33. The highest BCUT2D eigenvalue weighted by Crippen LogP contribution is 2.63. The Labute approximate surface area is 169 Å². The molecule has 0 spiro atoms. The van der Waals surface area contributed by atoms with E-state index in [1.165, 1.54) is 6.42 Å². The van der Waals surface area contributed by atoms with Gasteiger partial charge in [-0.05, 0) is 75.8 Å². The molecule has 2 unspecified atom stereocenters. The normalized spacial score (nSPS) is 33.0. The van der Waals surface area contributed by atoms with E-state index in [1.807, 2.05) is 19.9 Å². The van der Waals surface area contributed by atoms with Crippen molar-refractivity contribution >= 4 is 23.4 Å². The standard InChI is InChI=1S/C21H28ClN3O3/c1-12-3-13(2)25-18(27)16(12)9-23-17(26)10-24-19(28)20-5-14-4-15(6-20)8-21(22,7-14)11-20/h3,14-15H,4-11H2,1-2H3,(H,23,26)(H,24,28)(H,25,27)/t14-,15+,20?,21?. The van der Waals surface area contributed by atoms with Crippen LogP contribution in [0.1, 0.15) is 55.3 Å². The smallest absolute Gasteiger partial charge is 0.253 e. The van der Waals surface area contributed by atoms with Crippen LogP contribution in [0.4, 0.5) is 0 Å². The molecule has 1 heterocycles. The van der Waals surface area contributed by atoms with Crippen molar-refractivity contribution in [3.8, 4) is 0 Å². The summed E-state index contributed by atoms with van der Waals surface area (Å²) in [5.74, 6) is 0.744. The lowest BCUT2D eigenvalue weighted by molar-refractivity contribution is -0.145.